The summed E-state index contributed by atoms with van der Waals surface area (Å²) in [5, 5.41) is 8.73. The average Bonchev–Trinajstić information content (AvgIpc) is 3.01. The molecule has 0 unspecified atom stereocenters. The SMILES string of the molecule is COc1ccccc1OCCn1c(=N)n(Cc2ccccc2)c2ccccc21. The molecule has 0 spiro atoms. The van der Waals surface area contributed by atoms with Gasteiger partial charge < -0.3 is 18.6 Å². The third-order valence-corrected chi connectivity index (χ3v) is 4.80. The quantitative estimate of drug-likeness (QED) is 0.531. The summed E-state index contributed by atoms with van der Waals surface area (Å²) in [6.45, 7) is 1.70. The Labute approximate surface area is 163 Å². The monoisotopic (exact) mass is 373 g/mol. The summed E-state index contributed by atoms with van der Waals surface area (Å²) >= 11 is 0. The standard InChI is InChI=1S/C23H23N3O2/c1-27-21-13-7-8-14-22(21)28-16-15-25-19-11-5-6-12-20(19)26(23(25)24)17-18-9-3-2-4-10-18/h2-14,24H,15-17H2,1H3. The molecule has 142 valence electrons. The zero-order chi connectivity index (χ0) is 19.3. The second kappa shape index (κ2) is 8.05. The van der Waals surface area contributed by atoms with E-state index in [1.165, 1.54) is 5.56 Å². The zero-order valence-corrected chi connectivity index (χ0v) is 15.8. The van der Waals surface area contributed by atoms with Crippen molar-refractivity contribution >= 4 is 11.0 Å². The van der Waals surface area contributed by atoms with Crippen LogP contribution in [0, 0.1) is 5.41 Å². The van der Waals surface area contributed by atoms with Gasteiger partial charge in [-0.25, -0.2) is 0 Å². The summed E-state index contributed by atoms with van der Waals surface area (Å²) in [6.07, 6.45) is 0. The molecule has 0 aliphatic rings. The summed E-state index contributed by atoms with van der Waals surface area (Å²) in [4.78, 5) is 0. The van der Waals surface area contributed by atoms with Crippen LogP contribution in [0.25, 0.3) is 11.0 Å². The first-order valence-electron chi connectivity index (χ1n) is 9.30. The summed E-state index contributed by atoms with van der Waals surface area (Å²) in [6, 6.07) is 26.0. The van der Waals surface area contributed by atoms with Gasteiger partial charge in [0.1, 0.15) is 6.61 Å². The van der Waals surface area contributed by atoms with E-state index in [4.69, 9.17) is 14.9 Å². The minimum atomic E-state index is 0.455. The first-order valence-corrected chi connectivity index (χ1v) is 9.30. The van der Waals surface area contributed by atoms with Crippen molar-refractivity contribution in [3.8, 4) is 11.5 Å². The van der Waals surface area contributed by atoms with Crippen LogP contribution in [0.15, 0.2) is 78.9 Å². The molecular weight excluding hydrogens is 350 g/mol. The van der Waals surface area contributed by atoms with E-state index in [-0.39, 0.29) is 0 Å². The first kappa shape index (κ1) is 17.9. The number of hydrogen-bond acceptors (Lipinski definition) is 3. The molecule has 1 heterocycles. The lowest BCUT2D eigenvalue weighted by Gasteiger charge is -2.11. The lowest BCUT2D eigenvalue weighted by molar-refractivity contribution is 0.278. The molecule has 28 heavy (non-hydrogen) atoms. The summed E-state index contributed by atoms with van der Waals surface area (Å²) in [5.41, 5.74) is 3.73. The van der Waals surface area contributed by atoms with Gasteiger partial charge >= 0.3 is 0 Å². The van der Waals surface area contributed by atoms with Crippen molar-refractivity contribution < 1.29 is 9.47 Å². The molecule has 5 nitrogen and oxygen atoms in total. The van der Waals surface area contributed by atoms with E-state index < -0.39 is 0 Å². The van der Waals surface area contributed by atoms with E-state index in [0.29, 0.717) is 36.8 Å². The molecule has 0 amide bonds. The topological polar surface area (TPSA) is 52.2 Å². The van der Waals surface area contributed by atoms with Crippen LogP contribution in [0.3, 0.4) is 0 Å². The van der Waals surface area contributed by atoms with Gasteiger partial charge in [-0.3, -0.25) is 5.41 Å². The molecule has 0 saturated heterocycles. The smallest absolute Gasteiger partial charge is 0.203 e. The minimum Gasteiger partial charge on any atom is -0.493 e. The number of rotatable bonds is 7. The van der Waals surface area contributed by atoms with Gasteiger partial charge in [0.2, 0.25) is 5.62 Å². The van der Waals surface area contributed by atoms with Gasteiger partial charge in [0.05, 0.1) is 31.2 Å². The molecule has 4 aromatic rings. The summed E-state index contributed by atoms with van der Waals surface area (Å²) < 4.78 is 15.3. The summed E-state index contributed by atoms with van der Waals surface area (Å²) in [5.74, 6) is 1.43. The van der Waals surface area contributed by atoms with Crippen molar-refractivity contribution in [2.45, 2.75) is 13.1 Å². The molecule has 0 aliphatic heterocycles. The Kier molecular flexibility index (Phi) is 5.15. The van der Waals surface area contributed by atoms with Gasteiger partial charge in [-0.1, -0.05) is 54.6 Å². The fourth-order valence-electron chi connectivity index (χ4n) is 3.43. The van der Waals surface area contributed by atoms with Gasteiger partial charge in [-0.15, -0.1) is 0 Å². The number of methoxy groups -OCH3 is 1. The van der Waals surface area contributed by atoms with Gasteiger partial charge in [-0.2, -0.15) is 0 Å². The lowest BCUT2D eigenvalue weighted by Crippen LogP contribution is -2.27. The number of aromatic nitrogens is 2. The molecule has 1 aromatic heterocycles. The molecule has 0 aliphatic carbocycles. The maximum absolute atomic E-state index is 8.73. The zero-order valence-electron chi connectivity index (χ0n) is 15.8. The van der Waals surface area contributed by atoms with Crippen LogP contribution in [0.4, 0.5) is 0 Å². The van der Waals surface area contributed by atoms with Crippen molar-refractivity contribution in [3.05, 3.63) is 90.0 Å². The van der Waals surface area contributed by atoms with Gasteiger partial charge in [0, 0.05) is 0 Å². The number of nitrogens with zero attached hydrogens (tertiary/aromatic N) is 2. The van der Waals surface area contributed by atoms with Crippen molar-refractivity contribution in [3.63, 3.8) is 0 Å². The maximum atomic E-state index is 8.73. The second-order valence-corrected chi connectivity index (χ2v) is 6.54. The fraction of sp³-hybridized carbons (Fsp3) is 0.174. The maximum Gasteiger partial charge on any atom is 0.203 e. The van der Waals surface area contributed by atoms with E-state index >= 15 is 0 Å². The normalized spacial score (nSPS) is 10.9. The third-order valence-electron chi connectivity index (χ3n) is 4.80. The number of para-hydroxylation sites is 4. The molecule has 5 heteroatoms. The highest BCUT2D eigenvalue weighted by molar-refractivity contribution is 5.76. The van der Waals surface area contributed by atoms with Gasteiger partial charge in [0.25, 0.3) is 0 Å². The van der Waals surface area contributed by atoms with Crippen molar-refractivity contribution in [2.75, 3.05) is 13.7 Å². The van der Waals surface area contributed by atoms with Crippen LogP contribution in [0.2, 0.25) is 0 Å². The Balaban J connectivity index is 1.60. The van der Waals surface area contributed by atoms with Crippen molar-refractivity contribution in [2.24, 2.45) is 0 Å². The van der Waals surface area contributed by atoms with Crippen LogP contribution in [-0.4, -0.2) is 22.9 Å². The Morgan fingerprint density at radius 2 is 1.36 bits per heavy atom. The van der Waals surface area contributed by atoms with Gasteiger partial charge in [-0.05, 0) is 29.8 Å². The summed E-state index contributed by atoms with van der Waals surface area (Å²) in [7, 11) is 1.63. The second-order valence-electron chi connectivity index (χ2n) is 6.54. The average molecular weight is 373 g/mol. The molecule has 0 radical (unpaired) electrons. The van der Waals surface area contributed by atoms with E-state index in [1.54, 1.807) is 7.11 Å². The van der Waals surface area contributed by atoms with Gasteiger partial charge in [0.15, 0.2) is 11.5 Å². The third kappa shape index (κ3) is 3.51. The Hall–Kier alpha value is -3.47. The number of nitrogens with one attached hydrogen (secondary N) is 1. The largest absolute Gasteiger partial charge is 0.493 e. The van der Waals surface area contributed by atoms with Crippen LogP contribution in [-0.2, 0) is 13.1 Å². The molecule has 1 N–H and O–H groups in total. The lowest BCUT2D eigenvalue weighted by atomic mass is 10.2. The first-order chi connectivity index (χ1) is 13.8. The van der Waals surface area contributed by atoms with Crippen molar-refractivity contribution in [1.29, 1.82) is 5.41 Å². The highest BCUT2D eigenvalue weighted by atomic mass is 16.5. The molecule has 0 saturated carbocycles. The molecule has 4 rings (SSSR count). The fourth-order valence-corrected chi connectivity index (χ4v) is 3.43. The minimum absolute atomic E-state index is 0.455. The Bertz CT molecular complexity index is 1130. The number of benzene rings is 3. The number of imidazole rings is 1. The Morgan fingerprint density at radius 3 is 2.07 bits per heavy atom. The van der Waals surface area contributed by atoms with E-state index in [9.17, 15) is 0 Å². The molecule has 0 fully saturated rings. The number of ether oxygens (including phenoxy) is 2. The van der Waals surface area contributed by atoms with Crippen LogP contribution < -0.4 is 15.1 Å². The number of hydrogen-bond donors (Lipinski definition) is 1. The van der Waals surface area contributed by atoms with Crippen LogP contribution >= 0.6 is 0 Å². The van der Waals surface area contributed by atoms with E-state index in [1.807, 2.05) is 63.7 Å². The molecular formula is C23H23N3O2. The highest BCUT2D eigenvalue weighted by Gasteiger charge is 2.11. The molecule has 0 atom stereocenters. The predicted molar refractivity (Wildman–Crippen MR) is 110 cm³/mol. The van der Waals surface area contributed by atoms with E-state index in [2.05, 4.69) is 24.3 Å². The van der Waals surface area contributed by atoms with Crippen LogP contribution in [0.5, 0.6) is 11.5 Å². The highest BCUT2D eigenvalue weighted by Crippen LogP contribution is 2.25. The van der Waals surface area contributed by atoms with Crippen LogP contribution in [0.1, 0.15) is 5.56 Å². The Morgan fingerprint density at radius 1 is 0.750 bits per heavy atom. The molecule has 3 aromatic carbocycles. The number of fused-ring (bicyclic) bond motifs is 1. The van der Waals surface area contributed by atoms with Crippen molar-refractivity contribution in [1.82, 2.24) is 9.13 Å². The molecule has 0 bridgehead atoms. The van der Waals surface area contributed by atoms with E-state index in [0.717, 1.165) is 11.0 Å². The predicted octanol–water partition coefficient (Wildman–Crippen LogP) is 4.06.